The second-order valence-electron chi connectivity index (χ2n) is 5.67. The van der Waals surface area contributed by atoms with Crippen LogP contribution >= 0.6 is 0 Å². The molecule has 4 nitrogen and oxygen atoms in total. The summed E-state index contributed by atoms with van der Waals surface area (Å²) >= 11 is 0. The molecule has 0 bridgehead atoms. The fourth-order valence-corrected chi connectivity index (χ4v) is 2.49. The lowest BCUT2D eigenvalue weighted by atomic mass is 9.83. The van der Waals surface area contributed by atoms with E-state index in [9.17, 15) is 18.3 Å². The molecule has 1 fully saturated rings. The maximum Gasteiger partial charge on any atom is 0.433 e. The Morgan fingerprint density at radius 3 is 2.30 bits per heavy atom. The van der Waals surface area contributed by atoms with Gasteiger partial charge in [-0.05, 0) is 32.6 Å². The van der Waals surface area contributed by atoms with E-state index in [1.807, 2.05) is 0 Å². The van der Waals surface area contributed by atoms with Gasteiger partial charge in [-0.2, -0.15) is 13.2 Å². The van der Waals surface area contributed by atoms with Gasteiger partial charge in [-0.15, -0.1) is 0 Å². The van der Waals surface area contributed by atoms with Crippen LogP contribution < -0.4 is 4.90 Å². The van der Waals surface area contributed by atoms with Crippen LogP contribution in [0.25, 0.3) is 0 Å². The first-order valence-electron chi connectivity index (χ1n) is 6.54. The third-order valence-electron chi connectivity index (χ3n) is 3.76. The maximum absolute atomic E-state index is 12.6. The van der Waals surface area contributed by atoms with Crippen LogP contribution in [0.5, 0.6) is 0 Å². The van der Waals surface area contributed by atoms with Crippen LogP contribution in [-0.2, 0) is 6.18 Å². The molecule has 1 N–H and O–H groups in total. The smallest absolute Gasteiger partial charge is 0.390 e. The molecule has 1 saturated heterocycles. The van der Waals surface area contributed by atoms with Crippen molar-refractivity contribution in [2.75, 3.05) is 18.0 Å². The minimum atomic E-state index is -4.46. The number of rotatable bonds is 2. The van der Waals surface area contributed by atoms with Crippen LogP contribution in [0, 0.1) is 5.92 Å². The summed E-state index contributed by atoms with van der Waals surface area (Å²) in [5.74, 6) is 0.448. The summed E-state index contributed by atoms with van der Waals surface area (Å²) in [7, 11) is 0. The highest BCUT2D eigenvalue weighted by molar-refractivity contribution is 5.40. The van der Waals surface area contributed by atoms with Gasteiger partial charge < -0.3 is 10.0 Å². The largest absolute Gasteiger partial charge is 0.433 e. The van der Waals surface area contributed by atoms with Crippen LogP contribution in [0.4, 0.5) is 19.0 Å². The van der Waals surface area contributed by atoms with E-state index in [1.54, 1.807) is 18.7 Å². The zero-order valence-corrected chi connectivity index (χ0v) is 11.5. The Labute approximate surface area is 115 Å². The lowest BCUT2D eigenvalue weighted by Crippen LogP contribution is -2.42. The molecule has 2 rings (SSSR count). The average Bonchev–Trinajstić information content (AvgIpc) is 2.37. The van der Waals surface area contributed by atoms with Crippen molar-refractivity contribution in [2.45, 2.75) is 38.5 Å². The number of hydrogen-bond donors (Lipinski definition) is 1. The van der Waals surface area contributed by atoms with Crippen molar-refractivity contribution < 1.29 is 18.3 Å². The van der Waals surface area contributed by atoms with E-state index < -0.39 is 17.5 Å². The Morgan fingerprint density at radius 1 is 1.20 bits per heavy atom. The first kappa shape index (κ1) is 15.0. The van der Waals surface area contributed by atoms with Gasteiger partial charge in [-0.3, -0.25) is 0 Å². The zero-order chi connectivity index (χ0) is 15.0. The lowest BCUT2D eigenvalue weighted by molar-refractivity contribution is -0.141. The molecular formula is C13H18F3N3O. The summed E-state index contributed by atoms with van der Waals surface area (Å²) in [6, 6.07) is 0.977. The number of anilines is 1. The molecule has 1 aliphatic rings. The topological polar surface area (TPSA) is 49.2 Å². The van der Waals surface area contributed by atoms with Crippen LogP contribution in [0.1, 0.15) is 32.4 Å². The summed E-state index contributed by atoms with van der Waals surface area (Å²) in [6.07, 6.45) is -2.05. The van der Waals surface area contributed by atoms with Crippen LogP contribution in [-0.4, -0.2) is 33.8 Å². The van der Waals surface area contributed by atoms with Gasteiger partial charge in [0, 0.05) is 19.2 Å². The summed E-state index contributed by atoms with van der Waals surface area (Å²) in [6.45, 7) is 4.70. The SMILES string of the molecule is CC(C)(O)C1CCN(c2cc(C(F)(F)F)ncn2)CC1. The highest BCUT2D eigenvalue weighted by Gasteiger charge is 2.34. The molecule has 1 aromatic rings. The Kier molecular flexibility index (Phi) is 3.90. The molecule has 7 heteroatoms. The summed E-state index contributed by atoms with van der Waals surface area (Å²) in [5.41, 5.74) is -1.68. The number of alkyl halides is 3. The predicted molar refractivity (Wildman–Crippen MR) is 68.3 cm³/mol. The minimum Gasteiger partial charge on any atom is -0.390 e. The van der Waals surface area contributed by atoms with Crippen molar-refractivity contribution in [1.82, 2.24) is 9.97 Å². The van der Waals surface area contributed by atoms with Gasteiger partial charge >= 0.3 is 6.18 Å². The number of piperidine rings is 1. The molecule has 0 amide bonds. The Balaban J connectivity index is 2.08. The van der Waals surface area contributed by atoms with Gasteiger partial charge in [-0.1, -0.05) is 0 Å². The molecule has 1 aromatic heterocycles. The van der Waals surface area contributed by atoms with E-state index in [0.717, 1.165) is 25.2 Å². The van der Waals surface area contributed by atoms with E-state index in [-0.39, 0.29) is 5.92 Å². The molecule has 0 spiro atoms. The lowest BCUT2D eigenvalue weighted by Gasteiger charge is -2.38. The molecule has 0 radical (unpaired) electrons. The van der Waals surface area contributed by atoms with Crippen molar-refractivity contribution in [2.24, 2.45) is 5.92 Å². The molecule has 0 aromatic carbocycles. The third-order valence-corrected chi connectivity index (χ3v) is 3.76. The molecular weight excluding hydrogens is 271 g/mol. The summed E-state index contributed by atoms with van der Waals surface area (Å²) < 4.78 is 37.8. The highest BCUT2D eigenvalue weighted by atomic mass is 19.4. The average molecular weight is 289 g/mol. The fraction of sp³-hybridized carbons (Fsp3) is 0.692. The number of halogens is 3. The van der Waals surface area contributed by atoms with Crippen molar-refractivity contribution in [3.63, 3.8) is 0 Å². The summed E-state index contributed by atoms with van der Waals surface area (Å²) in [4.78, 5) is 8.98. The van der Waals surface area contributed by atoms with Crippen molar-refractivity contribution in [1.29, 1.82) is 0 Å². The van der Waals surface area contributed by atoms with Crippen LogP contribution in [0.2, 0.25) is 0 Å². The van der Waals surface area contributed by atoms with E-state index in [2.05, 4.69) is 9.97 Å². The molecule has 2 heterocycles. The van der Waals surface area contributed by atoms with E-state index in [1.165, 1.54) is 0 Å². The Hall–Kier alpha value is -1.37. The predicted octanol–water partition coefficient (Wildman–Crippen LogP) is 2.48. The second kappa shape index (κ2) is 5.20. The van der Waals surface area contributed by atoms with Gasteiger partial charge in [0.15, 0.2) is 0 Å². The molecule has 1 aliphatic heterocycles. The Bertz CT molecular complexity index is 463. The van der Waals surface area contributed by atoms with E-state index in [0.29, 0.717) is 18.9 Å². The summed E-state index contributed by atoms with van der Waals surface area (Å²) in [5, 5.41) is 9.96. The van der Waals surface area contributed by atoms with Gasteiger partial charge in [-0.25, -0.2) is 9.97 Å². The first-order valence-corrected chi connectivity index (χ1v) is 6.54. The number of nitrogens with zero attached hydrogens (tertiary/aromatic N) is 3. The number of hydrogen-bond acceptors (Lipinski definition) is 4. The zero-order valence-electron chi connectivity index (χ0n) is 11.5. The molecule has 0 saturated carbocycles. The first-order chi connectivity index (χ1) is 9.18. The molecule has 20 heavy (non-hydrogen) atoms. The quantitative estimate of drug-likeness (QED) is 0.908. The van der Waals surface area contributed by atoms with Crippen molar-refractivity contribution in [3.8, 4) is 0 Å². The fourth-order valence-electron chi connectivity index (χ4n) is 2.49. The maximum atomic E-state index is 12.6. The normalized spacial score (nSPS) is 18.4. The second-order valence-corrected chi connectivity index (χ2v) is 5.67. The number of aromatic nitrogens is 2. The van der Waals surface area contributed by atoms with E-state index >= 15 is 0 Å². The monoisotopic (exact) mass is 289 g/mol. The van der Waals surface area contributed by atoms with Crippen molar-refractivity contribution >= 4 is 5.82 Å². The molecule has 0 unspecified atom stereocenters. The minimum absolute atomic E-state index is 0.155. The Morgan fingerprint density at radius 2 is 1.80 bits per heavy atom. The van der Waals surface area contributed by atoms with Crippen LogP contribution in [0.15, 0.2) is 12.4 Å². The third kappa shape index (κ3) is 3.39. The van der Waals surface area contributed by atoms with E-state index in [4.69, 9.17) is 0 Å². The van der Waals surface area contributed by atoms with Gasteiger partial charge in [0.05, 0.1) is 5.60 Å². The highest BCUT2D eigenvalue weighted by Crippen LogP contribution is 2.32. The standard InChI is InChI=1S/C13H18F3N3O/c1-12(2,20)9-3-5-19(6-4-9)11-7-10(13(14,15)16)17-8-18-11/h7-9,20H,3-6H2,1-2H3. The van der Waals surface area contributed by atoms with Gasteiger partial charge in [0.2, 0.25) is 0 Å². The number of aliphatic hydroxyl groups is 1. The van der Waals surface area contributed by atoms with Crippen LogP contribution in [0.3, 0.4) is 0 Å². The van der Waals surface area contributed by atoms with Gasteiger partial charge in [0.25, 0.3) is 0 Å². The van der Waals surface area contributed by atoms with Crippen molar-refractivity contribution in [3.05, 3.63) is 18.1 Å². The molecule has 0 atom stereocenters. The molecule has 0 aliphatic carbocycles. The molecule has 112 valence electrons. The van der Waals surface area contributed by atoms with Gasteiger partial charge in [0.1, 0.15) is 17.8 Å².